The normalized spacial score (nSPS) is 15.4. The first kappa shape index (κ1) is 12.0. The molecule has 3 heteroatoms. The molecule has 0 amide bonds. The molecule has 1 nitrogen and oxygen atoms in total. The highest BCUT2D eigenvalue weighted by molar-refractivity contribution is 7.09. The monoisotopic (exact) mass is 231 g/mol. The molecular formula is C11H18ClNS. The lowest BCUT2D eigenvalue weighted by atomic mass is 9.95. The van der Waals surface area contributed by atoms with Crippen LogP contribution in [0.1, 0.15) is 31.6 Å². The minimum absolute atomic E-state index is 0.186. The van der Waals surface area contributed by atoms with Crippen molar-refractivity contribution in [1.82, 2.24) is 5.32 Å². The van der Waals surface area contributed by atoms with Gasteiger partial charge in [-0.05, 0) is 31.2 Å². The SMILES string of the molecule is CCC(C)(CCCl)NCc1cccs1. The van der Waals surface area contributed by atoms with Crippen molar-refractivity contribution in [3.8, 4) is 0 Å². The van der Waals surface area contributed by atoms with Crippen LogP contribution in [-0.2, 0) is 6.54 Å². The quantitative estimate of drug-likeness (QED) is 0.738. The summed E-state index contributed by atoms with van der Waals surface area (Å²) in [7, 11) is 0. The molecule has 0 radical (unpaired) electrons. The van der Waals surface area contributed by atoms with Gasteiger partial charge in [0.25, 0.3) is 0 Å². The van der Waals surface area contributed by atoms with E-state index in [4.69, 9.17) is 11.6 Å². The lowest BCUT2D eigenvalue weighted by Crippen LogP contribution is -2.41. The molecule has 0 bridgehead atoms. The number of nitrogens with one attached hydrogen (secondary N) is 1. The molecule has 0 aliphatic carbocycles. The van der Waals surface area contributed by atoms with Crippen LogP contribution in [0.5, 0.6) is 0 Å². The fourth-order valence-electron chi connectivity index (χ4n) is 1.31. The van der Waals surface area contributed by atoms with Gasteiger partial charge in [-0.3, -0.25) is 0 Å². The van der Waals surface area contributed by atoms with E-state index in [0.29, 0.717) is 0 Å². The fraction of sp³-hybridized carbons (Fsp3) is 0.636. The highest BCUT2D eigenvalue weighted by atomic mass is 35.5. The number of hydrogen-bond donors (Lipinski definition) is 1. The maximum Gasteiger partial charge on any atom is 0.0304 e. The molecule has 0 aromatic carbocycles. The zero-order chi connectivity index (χ0) is 10.4. The van der Waals surface area contributed by atoms with E-state index in [1.807, 2.05) is 0 Å². The van der Waals surface area contributed by atoms with Gasteiger partial charge < -0.3 is 5.32 Å². The van der Waals surface area contributed by atoms with E-state index < -0.39 is 0 Å². The van der Waals surface area contributed by atoms with Gasteiger partial charge in [0.2, 0.25) is 0 Å². The van der Waals surface area contributed by atoms with E-state index in [9.17, 15) is 0 Å². The van der Waals surface area contributed by atoms with Gasteiger partial charge in [0.1, 0.15) is 0 Å². The number of alkyl halides is 1. The second-order valence-corrected chi connectivity index (χ2v) is 5.20. The summed E-state index contributed by atoms with van der Waals surface area (Å²) in [5.74, 6) is 0.724. The average Bonchev–Trinajstić information content (AvgIpc) is 2.68. The van der Waals surface area contributed by atoms with Crippen molar-refractivity contribution in [1.29, 1.82) is 0 Å². The molecule has 14 heavy (non-hydrogen) atoms. The Balaban J connectivity index is 2.41. The molecule has 1 atom stereocenters. The van der Waals surface area contributed by atoms with Gasteiger partial charge in [-0.25, -0.2) is 0 Å². The van der Waals surface area contributed by atoms with E-state index >= 15 is 0 Å². The van der Waals surface area contributed by atoms with E-state index in [0.717, 1.165) is 25.3 Å². The van der Waals surface area contributed by atoms with Gasteiger partial charge in [0, 0.05) is 22.8 Å². The molecule has 0 saturated heterocycles. The zero-order valence-electron chi connectivity index (χ0n) is 8.85. The minimum atomic E-state index is 0.186. The molecule has 0 aliphatic heterocycles. The molecule has 0 fully saturated rings. The predicted molar refractivity (Wildman–Crippen MR) is 65.2 cm³/mol. The minimum Gasteiger partial charge on any atom is -0.307 e. The largest absolute Gasteiger partial charge is 0.307 e. The Morgan fingerprint density at radius 1 is 1.57 bits per heavy atom. The van der Waals surface area contributed by atoms with Crippen LogP contribution in [0.2, 0.25) is 0 Å². The van der Waals surface area contributed by atoms with Crippen molar-refractivity contribution in [3.05, 3.63) is 22.4 Å². The first-order chi connectivity index (χ1) is 6.70. The Morgan fingerprint density at radius 3 is 2.86 bits per heavy atom. The first-order valence-electron chi connectivity index (χ1n) is 5.03. The van der Waals surface area contributed by atoms with Gasteiger partial charge in [0.05, 0.1) is 0 Å². The van der Waals surface area contributed by atoms with E-state index in [1.165, 1.54) is 4.88 Å². The van der Waals surface area contributed by atoms with Crippen LogP contribution in [0.4, 0.5) is 0 Å². The van der Waals surface area contributed by atoms with Gasteiger partial charge in [-0.2, -0.15) is 0 Å². The van der Waals surface area contributed by atoms with Crippen LogP contribution in [0.3, 0.4) is 0 Å². The summed E-state index contributed by atoms with van der Waals surface area (Å²) in [4.78, 5) is 1.39. The van der Waals surface area contributed by atoms with Crippen LogP contribution in [0.15, 0.2) is 17.5 Å². The molecule has 80 valence electrons. The third-order valence-corrected chi connectivity index (χ3v) is 3.76. The van der Waals surface area contributed by atoms with Crippen LogP contribution in [0, 0.1) is 0 Å². The molecule has 1 aromatic rings. The molecule has 0 saturated carbocycles. The van der Waals surface area contributed by atoms with Crippen LogP contribution < -0.4 is 5.32 Å². The summed E-state index contributed by atoms with van der Waals surface area (Å²) >= 11 is 7.58. The van der Waals surface area contributed by atoms with Crippen molar-refractivity contribution in [2.24, 2.45) is 0 Å². The van der Waals surface area contributed by atoms with Crippen molar-refractivity contribution < 1.29 is 0 Å². The molecule has 1 unspecified atom stereocenters. The van der Waals surface area contributed by atoms with Gasteiger partial charge in [0.15, 0.2) is 0 Å². The van der Waals surface area contributed by atoms with Gasteiger partial charge in [-0.15, -0.1) is 22.9 Å². The smallest absolute Gasteiger partial charge is 0.0304 e. The van der Waals surface area contributed by atoms with Crippen LogP contribution >= 0.6 is 22.9 Å². The van der Waals surface area contributed by atoms with E-state index in [-0.39, 0.29) is 5.54 Å². The third-order valence-electron chi connectivity index (χ3n) is 2.70. The first-order valence-corrected chi connectivity index (χ1v) is 6.45. The third kappa shape index (κ3) is 3.60. The van der Waals surface area contributed by atoms with E-state index in [1.54, 1.807) is 11.3 Å². The van der Waals surface area contributed by atoms with E-state index in [2.05, 4.69) is 36.7 Å². The highest BCUT2D eigenvalue weighted by Gasteiger charge is 2.20. The average molecular weight is 232 g/mol. The lowest BCUT2D eigenvalue weighted by Gasteiger charge is -2.28. The molecule has 0 aliphatic rings. The summed E-state index contributed by atoms with van der Waals surface area (Å²) in [6.07, 6.45) is 2.14. The van der Waals surface area contributed by atoms with Gasteiger partial charge >= 0.3 is 0 Å². The second kappa shape index (κ2) is 5.74. The van der Waals surface area contributed by atoms with Gasteiger partial charge in [-0.1, -0.05) is 13.0 Å². The Morgan fingerprint density at radius 2 is 2.36 bits per heavy atom. The Hall–Kier alpha value is -0.0500. The molecule has 1 N–H and O–H groups in total. The number of hydrogen-bond acceptors (Lipinski definition) is 2. The van der Waals surface area contributed by atoms with Crippen LogP contribution in [-0.4, -0.2) is 11.4 Å². The Bertz CT molecular complexity index is 248. The Labute approximate surface area is 95.5 Å². The summed E-state index contributed by atoms with van der Waals surface area (Å²) in [5, 5.41) is 5.69. The van der Waals surface area contributed by atoms with Crippen LogP contribution in [0.25, 0.3) is 0 Å². The second-order valence-electron chi connectivity index (χ2n) is 3.79. The molecule has 1 rings (SSSR count). The standard InChI is InChI=1S/C11H18ClNS/c1-3-11(2,6-7-12)13-9-10-5-4-8-14-10/h4-5,8,13H,3,6-7,9H2,1-2H3. The fourth-order valence-corrected chi connectivity index (χ4v) is 2.37. The number of halogens is 1. The zero-order valence-corrected chi connectivity index (χ0v) is 10.4. The lowest BCUT2D eigenvalue weighted by molar-refractivity contribution is 0.332. The number of rotatable bonds is 6. The van der Waals surface area contributed by atoms with Crippen molar-refractivity contribution >= 4 is 22.9 Å². The number of thiophene rings is 1. The molecule has 1 heterocycles. The summed E-state index contributed by atoms with van der Waals surface area (Å²) < 4.78 is 0. The summed E-state index contributed by atoms with van der Waals surface area (Å²) in [6, 6.07) is 4.25. The maximum absolute atomic E-state index is 5.79. The van der Waals surface area contributed by atoms with Crippen molar-refractivity contribution in [2.45, 2.75) is 38.8 Å². The highest BCUT2D eigenvalue weighted by Crippen LogP contribution is 2.17. The Kier molecular flexibility index (Phi) is 4.93. The topological polar surface area (TPSA) is 12.0 Å². The summed E-state index contributed by atoms with van der Waals surface area (Å²) in [6.45, 7) is 5.40. The predicted octanol–water partition coefficient (Wildman–Crippen LogP) is 3.64. The maximum atomic E-state index is 5.79. The summed E-state index contributed by atoms with van der Waals surface area (Å²) in [5.41, 5.74) is 0.186. The van der Waals surface area contributed by atoms with Crippen molar-refractivity contribution in [3.63, 3.8) is 0 Å². The molecule has 0 spiro atoms. The van der Waals surface area contributed by atoms with Crippen molar-refractivity contribution in [2.75, 3.05) is 5.88 Å². The molecular weight excluding hydrogens is 214 g/mol. The molecule has 1 aromatic heterocycles.